The van der Waals surface area contributed by atoms with Crippen LogP contribution >= 0.6 is 0 Å². The van der Waals surface area contributed by atoms with Crippen molar-refractivity contribution in [1.82, 2.24) is 0 Å². The number of unbranched alkanes of at least 4 members (excludes halogenated alkanes) is 1. The van der Waals surface area contributed by atoms with Gasteiger partial charge in [-0.25, -0.2) is 0 Å². The molecule has 0 spiro atoms. The smallest absolute Gasteiger partial charge is 0.311 e. The van der Waals surface area contributed by atoms with Crippen LogP contribution in [0.5, 0.6) is 0 Å². The molecule has 0 fully saturated rings. The Morgan fingerprint density at radius 1 is 1.27 bits per heavy atom. The monoisotopic (exact) mass is 216 g/mol. The molecule has 0 N–H and O–H groups in total. The molecular weight excluding hydrogens is 192 g/mol. The fourth-order valence-corrected chi connectivity index (χ4v) is 1.20. The lowest BCUT2D eigenvalue weighted by molar-refractivity contribution is -0.152. The summed E-state index contributed by atoms with van der Waals surface area (Å²) in [6.45, 7) is 9.69. The second-order valence-corrected chi connectivity index (χ2v) is 4.03. The van der Waals surface area contributed by atoms with Gasteiger partial charge in [-0.2, -0.15) is 0 Å². The van der Waals surface area contributed by atoms with Crippen molar-refractivity contribution in [2.24, 2.45) is 11.8 Å². The van der Waals surface area contributed by atoms with Crippen molar-refractivity contribution in [2.75, 3.05) is 19.8 Å². The van der Waals surface area contributed by atoms with Gasteiger partial charge in [-0.15, -0.1) is 0 Å². The largest absolute Gasteiger partial charge is 0.465 e. The van der Waals surface area contributed by atoms with E-state index in [1.807, 2.05) is 20.8 Å². The van der Waals surface area contributed by atoms with Gasteiger partial charge >= 0.3 is 5.97 Å². The first kappa shape index (κ1) is 14.4. The molecule has 90 valence electrons. The lowest BCUT2D eigenvalue weighted by Gasteiger charge is -2.18. The Bertz CT molecular complexity index is 166. The molecule has 0 aromatic rings. The van der Waals surface area contributed by atoms with Gasteiger partial charge in [0.05, 0.1) is 19.1 Å². The van der Waals surface area contributed by atoms with Crippen LogP contribution in [0.15, 0.2) is 0 Å². The van der Waals surface area contributed by atoms with E-state index in [1.54, 1.807) is 0 Å². The molecule has 0 aromatic carbocycles. The fraction of sp³-hybridized carbons (Fsp3) is 0.917. The highest BCUT2D eigenvalue weighted by Gasteiger charge is 2.23. The maximum absolute atomic E-state index is 11.7. The minimum atomic E-state index is -0.123. The molecule has 0 heterocycles. The van der Waals surface area contributed by atoms with Gasteiger partial charge in [0.2, 0.25) is 0 Å². The molecular formula is C12H24O3. The molecule has 0 aromatic heterocycles. The van der Waals surface area contributed by atoms with Crippen LogP contribution in [-0.4, -0.2) is 25.8 Å². The quantitative estimate of drug-likeness (QED) is 0.462. The predicted molar refractivity (Wildman–Crippen MR) is 60.7 cm³/mol. The highest BCUT2D eigenvalue weighted by Crippen LogP contribution is 2.13. The van der Waals surface area contributed by atoms with E-state index >= 15 is 0 Å². The van der Waals surface area contributed by atoms with Crippen LogP contribution in [0.25, 0.3) is 0 Å². The van der Waals surface area contributed by atoms with E-state index in [0.717, 1.165) is 12.8 Å². The first-order valence-electron chi connectivity index (χ1n) is 5.87. The lowest BCUT2D eigenvalue weighted by atomic mass is 9.97. The van der Waals surface area contributed by atoms with Crippen LogP contribution in [0, 0.1) is 11.8 Å². The molecule has 0 rings (SSSR count). The molecule has 0 saturated heterocycles. The minimum Gasteiger partial charge on any atom is -0.465 e. The maximum atomic E-state index is 11.7. The number of rotatable bonds is 8. The van der Waals surface area contributed by atoms with Gasteiger partial charge in [0.1, 0.15) is 0 Å². The Hall–Kier alpha value is -0.570. The molecule has 1 atom stereocenters. The predicted octanol–water partition coefficient (Wildman–Crippen LogP) is 2.64. The van der Waals surface area contributed by atoms with Crippen LogP contribution in [0.1, 0.15) is 40.5 Å². The number of esters is 1. The third kappa shape index (κ3) is 6.50. The van der Waals surface area contributed by atoms with Crippen LogP contribution < -0.4 is 0 Å². The molecule has 0 radical (unpaired) electrons. The Morgan fingerprint density at radius 2 is 1.93 bits per heavy atom. The Kier molecular flexibility index (Phi) is 8.38. The number of carbonyl (C=O) groups excluding carboxylic acids is 1. The lowest BCUT2D eigenvalue weighted by Crippen LogP contribution is -2.27. The van der Waals surface area contributed by atoms with Crippen LogP contribution in [0.3, 0.4) is 0 Å². The zero-order valence-electron chi connectivity index (χ0n) is 10.4. The molecule has 3 nitrogen and oxygen atoms in total. The molecule has 0 amide bonds. The van der Waals surface area contributed by atoms with E-state index in [4.69, 9.17) is 9.47 Å². The van der Waals surface area contributed by atoms with E-state index in [2.05, 4.69) is 6.92 Å². The third-order valence-corrected chi connectivity index (χ3v) is 2.35. The zero-order valence-corrected chi connectivity index (χ0v) is 10.4. The minimum absolute atomic E-state index is 0.119. The molecule has 15 heavy (non-hydrogen) atoms. The summed E-state index contributed by atoms with van der Waals surface area (Å²) in [6.07, 6.45) is 1.98. The number of hydrogen-bond acceptors (Lipinski definition) is 3. The Morgan fingerprint density at radius 3 is 2.40 bits per heavy atom. The van der Waals surface area contributed by atoms with E-state index in [-0.39, 0.29) is 17.8 Å². The van der Waals surface area contributed by atoms with Crippen molar-refractivity contribution in [1.29, 1.82) is 0 Å². The second kappa shape index (κ2) is 8.72. The first-order chi connectivity index (χ1) is 7.13. The second-order valence-electron chi connectivity index (χ2n) is 4.03. The average Bonchev–Trinajstić information content (AvgIpc) is 2.18. The van der Waals surface area contributed by atoms with E-state index < -0.39 is 0 Å². The zero-order chi connectivity index (χ0) is 11.7. The van der Waals surface area contributed by atoms with Crippen molar-refractivity contribution in [3.05, 3.63) is 0 Å². The SMILES string of the molecule is CCCCOC(=O)C(COCC)C(C)C. The highest BCUT2D eigenvalue weighted by molar-refractivity contribution is 5.72. The van der Waals surface area contributed by atoms with Crippen LogP contribution in [0.2, 0.25) is 0 Å². The van der Waals surface area contributed by atoms with E-state index in [0.29, 0.717) is 19.8 Å². The van der Waals surface area contributed by atoms with Crippen molar-refractivity contribution in [2.45, 2.75) is 40.5 Å². The van der Waals surface area contributed by atoms with Gasteiger partial charge in [0, 0.05) is 6.61 Å². The first-order valence-corrected chi connectivity index (χ1v) is 5.87. The summed E-state index contributed by atoms with van der Waals surface area (Å²) in [5, 5.41) is 0. The van der Waals surface area contributed by atoms with Crippen LogP contribution in [-0.2, 0) is 14.3 Å². The molecule has 0 aliphatic rings. The van der Waals surface area contributed by atoms with E-state index in [9.17, 15) is 4.79 Å². The molecule has 0 aliphatic heterocycles. The van der Waals surface area contributed by atoms with Gasteiger partial charge in [-0.3, -0.25) is 4.79 Å². The van der Waals surface area contributed by atoms with Gasteiger partial charge in [-0.1, -0.05) is 27.2 Å². The average molecular weight is 216 g/mol. The van der Waals surface area contributed by atoms with Crippen molar-refractivity contribution >= 4 is 5.97 Å². The van der Waals surface area contributed by atoms with E-state index in [1.165, 1.54) is 0 Å². The maximum Gasteiger partial charge on any atom is 0.311 e. The van der Waals surface area contributed by atoms with Crippen molar-refractivity contribution in [3.8, 4) is 0 Å². The Labute approximate surface area is 93.1 Å². The molecule has 0 bridgehead atoms. The number of carbonyl (C=O) groups is 1. The molecule has 0 aliphatic carbocycles. The summed E-state index contributed by atoms with van der Waals surface area (Å²) >= 11 is 0. The summed E-state index contributed by atoms with van der Waals surface area (Å²) in [6, 6.07) is 0. The summed E-state index contributed by atoms with van der Waals surface area (Å²) in [5.41, 5.74) is 0. The number of hydrogen-bond donors (Lipinski definition) is 0. The van der Waals surface area contributed by atoms with Gasteiger partial charge < -0.3 is 9.47 Å². The number of ether oxygens (including phenoxy) is 2. The topological polar surface area (TPSA) is 35.5 Å². The fourth-order valence-electron chi connectivity index (χ4n) is 1.20. The normalized spacial score (nSPS) is 12.9. The summed E-state index contributed by atoms with van der Waals surface area (Å²) < 4.78 is 10.5. The molecule has 0 saturated carbocycles. The summed E-state index contributed by atoms with van der Waals surface area (Å²) in [4.78, 5) is 11.7. The van der Waals surface area contributed by atoms with Gasteiger partial charge in [-0.05, 0) is 19.3 Å². The molecule has 3 heteroatoms. The van der Waals surface area contributed by atoms with Crippen molar-refractivity contribution in [3.63, 3.8) is 0 Å². The standard InChI is InChI=1S/C12H24O3/c1-5-7-8-15-12(13)11(10(3)4)9-14-6-2/h10-11H,5-9H2,1-4H3. The summed E-state index contributed by atoms with van der Waals surface area (Å²) in [5.74, 6) is 0.0272. The third-order valence-electron chi connectivity index (χ3n) is 2.35. The van der Waals surface area contributed by atoms with Crippen LogP contribution in [0.4, 0.5) is 0 Å². The van der Waals surface area contributed by atoms with Gasteiger partial charge in [0.25, 0.3) is 0 Å². The Balaban J connectivity index is 3.93. The highest BCUT2D eigenvalue weighted by atomic mass is 16.5. The van der Waals surface area contributed by atoms with Crippen molar-refractivity contribution < 1.29 is 14.3 Å². The molecule has 1 unspecified atom stereocenters. The summed E-state index contributed by atoms with van der Waals surface area (Å²) in [7, 11) is 0. The van der Waals surface area contributed by atoms with Gasteiger partial charge in [0.15, 0.2) is 0 Å².